The molecule has 0 saturated carbocycles. The van der Waals surface area contributed by atoms with Crippen LogP contribution in [0, 0.1) is 4.91 Å². The third kappa shape index (κ3) is 3.70. The van der Waals surface area contributed by atoms with Gasteiger partial charge in [0.15, 0.2) is 0 Å². The molecule has 7 nitrogen and oxygen atoms in total. The van der Waals surface area contributed by atoms with Gasteiger partial charge in [0.05, 0.1) is 57.5 Å². The molecule has 27 heavy (non-hydrogen) atoms. The summed E-state index contributed by atoms with van der Waals surface area (Å²) in [6.45, 7) is 4.83. The third-order valence-electron chi connectivity index (χ3n) is 4.27. The minimum atomic E-state index is -0.930. The first-order chi connectivity index (χ1) is 12.8. The lowest BCUT2D eigenvalue weighted by Gasteiger charge is -2.33. The lowest BCUT2D eigenvalue weighted by Crippen LogP contribution is -2.33. The number of hydrogen-bond acceptors (Lipinski definition) is 6. The molecule has 1 atom stereocenters. The molecule has 0 bridgehead atoms. The maximum absolute atomic E-state index is 12.7. The Morgan fingerprint density at radius 2 is 1.74 bits per heavy atom. The van der Waals surface area contributed by atoms with Gasteiger partial charge in [-0.15, -0.1) is 4.91 Å². The number of nitroso groups, excluding NO2 is 1. The van der Waals surface area contributed by atoms with E-state index in [-0.39, 0.29) is 39.2 Å². The van der Waals surface area contributed by atoms with Crippen molar-refractivity contribution in [3.63, 3.8) is 0 Å². The van der Waals surface area contributed by atoms with Crippen LogP contribution in [0.1, 0.15) is 32.3 Å². The number of carbonyl (C=O) groups excluding carboxylic acids is 2. The zero-order valence-electron chi connectivity index (χ0n) is 15.2. The second kappa shape index (κ2) is 8.54. The van der Waals surface area contributed by atoms with Crippen LogP contribution in [0.5, 0.6) is 0 Å². The van der Waals surface area contributed by atoms with Gasteiger partial charge in [-0.1, -0.05) is 35.3 Å². The van der Waals surface area contributed by atoms with Gasteiger partial charge in [0.1, 0.15) is 0 Å². The van der Waals surface area contributed by atoms with E-state index >= 15 is 0 Å². The maximum atomic E-state index is 12.7. The van der Waals surface area contributed by atoms with Crippen molar-refractivity contribution in [1.82, 2.24) is 5.01 Å². The van der Waals surface area contributed by atoms with E-state index in [1.807, 2.05) is 0 Å². The number of esters is 2. The summed E-state index contributed by atoms with van der Waals surface area (Å²) in [4.78, 5) is 36.6. The highest BCUT2D eigenvalue weighted by atomic mass is 35.5. The lowest BCUT2D eigenvalue weighted by molar-refractivity contribution is -0.139. The lowest BCUT2D eigenvalue weighted by atomic mass is 9.80. The van der Waals surface area contributed by atoms with Crippen LogP contribution in [0.3, 0.4) is 0 Å². The smallest absolute Gasteiger partial charge is 0.336 e. The van der Waals surface area contributed by atoms with Gasteiger partial charge in [-0.25, -0.2) is 14.6 Å². The van der Waals surface area contributed by atoms with E-state index in [2.05, 4.69) is 5.29 Å². The minimum Gasteiger partial charge on any atom is -0.466 e. The van der Waals surface area contributed by atoms with Gasteiger partial charge in [0.2, 0.25) is 0 Å². The molecule has 9 heteroatoms. The van der Waals surface area contributed by atoms with E-state index in [4.69, 9.17) is 32.7 Å². The van der Waals surface area contributed by atoms with E-state index in [0.29, 0.717) is 5.56 Å². The molecule has 1 aliphatic heterocycles. The highest BCUT2D eigenvalue weighted by Gasteiger charge is 2.42. The Labute approximate surface area is 166 Å². The van der Waals surface area contributed by atoms with Gasteiger partial charge in [-0.05, 0) is 32.4 Å². The Morgan fingerprint density at radius 3 is 2.26 bits per heavy atom. The Hall–Kier alpha value is -2.38. The summed E-state index contributed by atoms with van der Waals surface area (Å²) in [5.74, 6) is -2.35. The molecule has 0 amide bonds. The monoisotopic (exact) mass is 412 g/mol. The number of allylic oxidation sites excluding steroid dienone is 2. The quantitative estimate of drug-likeness (QED) is 0.527. The molecule has 0 saturated heterocycles. The fourth-order valence-electron chi connectivity index (χ4n) is 3.07. The number of methoxy groups -OCH3 is 1. The van der Waals surface area contributed by atoms with Gasteiger partial charge in [-0.2, -0.15) is 0 Å². The van der Waals surface area contributed by atoms with Crippen LogP contribution in [0.15, 0.2) is 46.0 Å². The van der Waals surface area contributed by atoms with Crippen LogP contribution < -0.4 is 0 Å². The molecule has 1 aromatic rings. The van der Waals surface area contributed by atoms with Crippen molar-refractivity contribution in [2.75, 3.05) is 13.7 Å². The number of hydrogen-bond donors (Lipinski definition) is 0. The second-order valence-electron chi connectivity index (χ2n) is 5.68. The molecule has 1 aromatic carbocycles. The van der Waals surface area contributed by atoms with E-state index in [9.17, 15) is 14.5 Å². The van der Waals surface area contributed by atoms with E-state index < -0.39 is 17.9 Å². The zero-order chi connectivity index (χ0) is 20.3. The summed E-state index contributed by atoms with van der Waals surface area (Å²) in [5.41, 5.74) is 0.983. The van der Waals surface area contributed by atoms with Crippen LogP contribution in [0.4, 0.5) is 0 Å². The van der Waals surface area contributed by atoms with Crippen LogP contribution in [-0.4, -0.2) is 30.7 Å². The number of benzene rings is 1. The van der Waals surface area contributed by atoms with Crippen molar-refractivity contribution in [2.45, 2.75) is 26.7 Å². The predicted molar refractivity (Wildman–Crippen MR) is 101 cm³/mol. The van der Waals surface area contributed by atoms with Gasteiger partial charge in [0.25, 0.3) is 0 Å². The zero-order valence-corrected chi connectivity index (χ0v) is 16.7. The second-order valence-corrected chi connectivity index (χ2v) is 6.46. The fraction of sp³-hybridized carbons (Fsp3) is 0.333. The molecular weight excluding hydrogens is 395 g/mol. The molecule has 0 spiro atoms. The van der Waals surface area contributed by atoms with Crippen molar-refractivity contribution < 1.29 is 19.1 Å². The summed E-state index contributed by atoms with van der Waals surface area (Å²) in [6.07, 6.45) is 0. The predicted octanol–water partition coefficient (Wildman–Crippen LogP) is 4.36. The number of nitrogens with zero attached hydrogens (tertiary/aromatic N) is 2. The van der Waals surface area contributed by atoms with Crippen molar-refractivity contribution in [3.8, 4) is 0 Å². The topological polar surface area (TPSA) is 85.3 Å². The maximum Gasteiger partial charge on any atom is 0.336 e. The summed E-state index contributed by atoms with van der Waals surface area (Å²) >= 11 is 12.5. The summed E-state index contributed by atoms with van der Waals surface area (Å²) in [6, 6.07) is 4.88. The van der Waals surface area contributed by atoms with Gasteiger partial charge < -0.3 is 9.47 Å². The van der Waals surface area contributed by atoms with E-state index in [1.165, 1.54) is 21.0 Å². The largest absolute Gasteiger partial charge is 0.466 e. The van der Waals surface area contributed by atoms with Crippen LogP contribution in [-0.2, 0) is 19.1 Å². The normalized spacial score (nSPS) is 17.1. The summed E-state index contributed by atoms with van der Waals surface area (Å²) in [5, 5.41) is 4.33. The molecule has 0 aromatic heterocycles. The van der Waals surface area contributed by atoms with Crippen LogP contribution >= 0.6 is 23.2 Å². The Kier molecular flexibility index (Phi) is 6.62. The summed E-state index contributed by atoms with van der Waals surface area (Å²) in [7, 11) is 1.20. The van der Waals surface area contributed by atoms with Crippen molar-refractivity contribution in [1.29, 1.82) is 0 Å². The van der Waals surface area contributed by atoms with Gasteiger partial charge in [-0.3, -0.25) is 0 Å². The first-order valence-corrected chi connectivity index (χ1v) is 8.79. The first kappa shape index (κ1) is 20.9. The number of carbonyl (C=O) groups is 2. The standard InChI is InChI=1S/C18H18Cl2N2O5/c1-5-27-18(24)14-10(3)22(21-25)9(2)13(17(23)26-4)15(14)11-7-6-8-12(19)16(11)20/h6-8,15H,5H2,1-4H3. The molecular formula is C18H18Cl2N2O5. The molecule has 144 valence electrons. The molecule has 2 rings (SSSR count). The van der Waals surface area contributed by atoms with Gasteiger partial charge in [0, 0.05) is 0 Å². The average Bonchev–Trinajstić information content (AvgIpc) is 2.63. The Morgan fingerprint density at radius 1 is 1.15 bits per heavy atom. The first-order valence-electron chi connectivity index (χ1n) is 8.04. The van der Waals surface area contributed by atoms with Crippen molar-refractivity contribution in [3.05, 3.63) is 61.3 Å². The van der Waals surface area contributed by atoms with Gasteiger partial charge >= 0.3 is 11.9 Å². The minimum absolute atomic E-state index is 0.0509. The van der Waals surface area contributed by atoms with E-state index in [0.717, 1.165) is 5.01 Å². The number of halogens is 2. The average molecular weight is 413 g/mol. The molecule has 1 aliphatic rings. The third-order valence-corrected chi connectivity index (χ3v) is 5.10. The summed E-state index contributed by atoms with van der Waals surface area (Å²) < 4.78 is 10.0. The van der Waals surface area contributed by atoms with Crippen molar-refractivity contribution in [2.24, 2.45) is 5.29 Å². The molecule has 1 heterocycles. The molecule has 0 N–H and O–H groups in total. The SMILES string of the molecule is CCOC(=O)C1=C(C)N(N=O)C(C)=C(C(=O)OC)C1c1cccc(Cl)c1Cl. The molecule has 0 aliphatic carbocycles. The molecule has 0 fully saturated rings. The number of rotatable bonds is 5. The van der Waals surface area contributed by atoms with Crippen LogP contribution in [0.25, 0.3) is 0 Å². The fourth-order valence-corrected chi connectivity index (χ4v) is 3.49. The highest BCUT2D eigenvalue weighted by molar-refractivity contribution is 6.42. The molecule has 0 radical (unpaired) electrons. The van der Waals surface area contributed by atoms with Crippen LogP contribution in [0.2, 0.25) is 10.0 Å². The highest BCUT2D eigenvalue weighted by Crippen LogP contribution is 2.46. The van der Waals surface area contributed by atoms with Crippen molar-refractivity contribution >= 4 is 35.1 Å². The Balaban J connectivity index is 2.86. The Bertz CT molecular complexity index is 863. The molecule has 1 unspecified atom stereocenters. The number of ether oxygens (including phenoxy) is 2. The van der Waals surface area contributed by atoms with E-state index in [1.54, 1.807) is 25.1 Å².